The Morgan fingerprint density at radius 3 is 2.23 bits per heavy atom. The van der Waals surface area contributed by atoms with E-state index >= 15 is 0 Å². The predicted octanol–water partition coefficient (Wildman–Crippen LogP) is 5.98. The van der Waals surface area contributed by atoms with E-state index in [2.05, 4.69) is 87.6 Å². The van der Waals surface area contributed by atoms with Gasteiger partial charge in [0.05, 0.1) is 6.04 Å². The minimum Gasteiger partial charge on any atom is -0.375 e. The molecule has 1 aliphatic carbocycles. The van der Waals surface area contributed by atoms with Crippen molar-refractivity contribution in [3.63, 3.8) is 0 Å². The maximum Gasteiger partial charge on any atom is 0.0700 e. The summed E-state index contributed by atoms with van der Waals surface area (Å²) in [6.45, 7) is 9.30. The third-order valence-corrected chi connectivity index (χ3v) is 4.74. The number of rotatable bonds is 6. The van der Waals surface area contributed by atoms with Crippen molar-refractivity contribution in [1.29, 1.82) is 0 Å². The summed E-state index contributed by atoms with van der Waals surface area (Å²) in [6.07, 6.45) is 11.3. The van der Waals surface area contributed by atoms with E-state index in [-0.39, 0.29) is 6.04 Å². The van der Waals surface area contributed by atoms with E-state index in [4.69, 9.17) is 0 Å². The molecule has 118 valence electrons. The molecule has 0 heterocycles. The van der Waals surface area contributed by atoms with Crippen LogP contribution >= 0.6 is 0 Å². The summed E-state index contributed by atoms with van der Waals surface area (Å²) < 4.78 is 0. The van der Waals surface area contributed by atoms with Crippen LogP contribution in [0.15, 0.2) is 65.8 Å². The monoisotopic (exact) mass is 295 g/mol. The molecular formula is C21H29N. The predicted molar refractivity (Wildman–Crippen MR) is 98.1 cm³/mol. The average Bonchev–Trinajstić information content (AvgIpc) is 2.57. The van der Waals surface area contributed by atoms with Crippen LogP contribution in [0.25, 0.3) is 0 Å². The van der Waals surface area contributed by atoms with Crippen molar-refractivity contribution in [2.75, 3.05) is 5.32 Å². The molecule has 0 bridgehead atoms. The van der Waals surface area contributed by atoms with Gasteiger partial charge in [0.25, 0.3) is 0 Å². The summed E-state index contributed by atoms with van der Waals surface area (Å²) in [5.41, 5.74) is 4.24. The molecule has 0 aromatic heterocycles. The van der Waals surface area contributed by atoms with Crippen LogP contribution in [0.4, 0.5) is 5.69 Å². The summed E-state index contributed by atoms with van der Waals surface area (Å²) in [4.78, 5) is 0. The molecule has 1 aromatic carbocycles. The van der Waals surface area contributed by atoms with Gasteiger partial charge >= 0.3 is 0 Å². The van der Waals surface area contributed by atoms with Crippen LogP contribution in [0.5, 0.6) is 0 Å². The quantitative estimate of drug-likeness (QED) is 0.680. The van der Waals surface area contributed by atoms with Crippen LogP contribution in [0.1, 0.15) is 40.5 Å². The molecule has 0 fully saturated rings. The molecule has 1 aliphatic rings. The minimum atomic E-state index is 0.269. The largest absolute Gasteiger partial charge is 0.375 e. The maximum atomic E-state index is 3.67. The molecule has 0 saturated carbocycles. The fraction of sp³-hybridized carbons (Fsp3) is 0.429. The van der Waals surface area contributed by atoms with Crippen LogP contribution in [-0.2, 0) is 0 Å². The molecule has 1 aromatic rings. The van der Waals surface area contributed by atoms with E-state index in [0.29, 0.717) is 11.8 Å². The summed E-state index contributed by atoms with van der Waals surface area (Å²) >= 11 is 0. The van der Waals surface area contributed by atoms with Gasteiger partial charge in [0.1, 0.15) is 0 Å². The van der Waals surface area contributed by atoms with Crippen molar-refractivity contribution in [3.8, 4) is 0 Å². The Balaban J connectivity index is 2.36. The zero-order chi connectivity index (χ0) is 15.9. The lowest BCUT2D eigenvalue weighted by atomic mass is 9.80. The molecular weight excluding hydrogens is 266 g/mol. The van der Waals surface area contributed by atoms with E-state index in [1.54, 1.807) is 5.57 Å². The lowest BCUT2D eigenvalue weighted by molar-refractivity contribution is 0.521. The second-order valence-corrected chi connectivity index (χ2v) is 6.26. The molecule has 0 aliphatic heterocycles. The highest BCUT2D eigenvalue weighted by atomic mass is 14.9. The molecule has 1 N–H and O–H groups in total. The Hall–Kier alpha value is -1.76. The minimum absolute atomic E-state index is 0.269. The van der Waals surface area contributed by atoms with Crippen LogP contribution in [0.2, 0.25) is 0 Å². The molecule has 0 amide bonds. The number of para-hydroxylation sites is 1. The van der Waals surface area contributed by atoms with Crippen LogP contribution in [0, 0.1) is 11.8 Å². The Morgan fingerprint density at radius 1 is 1.00 bits per heavy atom. The highest BCUT2D eigenvalue weighted by Crippen LogP contribution is 2.32. The fourth-order valence-corrected chi connectivity index (χ4v) is 3.15. The number of hydrogen-bond donors (Lipinski definition) is 1. The molecule has 1 nitrogen and oxygen atoms in total. The van der Waals surface area contributed by atoms with Gasteiger partial charge in [-0.15, -0.1) is 0 Å². The van der Waals surface area contributed by atoms with Crippen molar-refractivity contribution in [2.45, 2.75) is 46.6 Å². The number of benzene rings is 1. The lowest BCUT2D eigenvalue weighted by Crippen LogP contribution is -2.24. The first-order valence-corrected chi connectivity index (χ1v) is 8.57. The van der Waals surface area contributed by atoms with Gasteiger partial charge in [-0.2, -0.15) is 0 Å². The van der Waals surface area contributed by atoms with Gasteiger partial charge in [0.2, 0.25) is 0 Å². The molecule has 0 radical (unpaired) electrons. The van der Waals surface area contributed by atoms with Gasteiger partial charge in [-0.1, -0.05) is 75.8 Å². The summed E-state index contributed by atoms with van der Waals surface area (Å²) in [5, 5.41) is 3.67. The summed E-state index contributed by atoms with van der Waals surface area (Å²) in [6, 6.07) is 10.8. The Bertz CT molecular complexity index is 539. The second-order valence-electron chi connectivity index (χ2n) is 6.26. The SMILES string of the molecule is CCC(C)C(=C1C=CC=CC1Nc1ccccc1)C(C)CC. The number of anilines is 1. The second kappa shape index (κ2) is 8.03. The molecule has 0 saturated heterocycles. The Kier molecular flexibility index (Phi) is 6.06. The standard InChI is InChI=1S/C21H29N/c1-5-16(3)21(17(4)6-2)19-14-10-11-15-20(19)22-18-12-8-7-9-13-18/h7-17,20,22H,5-6H2,1-4H3. The molecule has 3 unspecified atom stereocenters. The summed E-state index contributed by atoms with van der Waals surface area (Å²) in [5.74, 6) is 1.25. The van der Waals surface area contributed by atoms with Crippen LogP contribution in [-0.4, -0.2) is 6.04 Å². The molecule has 3 atom stereocenters. The molecule has 2 rings (SSSR count). The third kappa shape index (κ3) is 3.91. The number of hydrogen-bond acceptors (Lipinski definition) is 1. The van der Waals surface area contributed by atoms with Gasteiger partial charge in [-0.3, -0.25) is 0 Å². The smallest absolute Gasteiger partial charge is 0.0700 e. The van der Waals surface area contributed by atoms with Crippen molar-refractivity contribution < 1.29 is 0 Å². The summed E-state index contributed by atoms with van der Waals surface area (Å²) in [7, 11) is 0. The maximum absolute atomic E-state index is 3.67. The molecule has 0 spiro atoms. The average molecular weight is 295 g/mol. The number of allylic oxidation sites excluding steroid dienone is 3. The van der Waals surface area contributed by atoms with Crippen LogP contribution < -0.4 is 5.32 Å². The fourth-order valence-electron chi connectivity index (χ4n) is 3.15. The van der Waals surface area contributed by atoms with Crippen molar-refractivity contribution in [3.05, 3.63) is 65.8 Å². The van der Waals surface area contributed by atoms with E-state index in [9.17, 15) is 0 Å². The lowest BCUT2D eigenvalue weighted by Gasteiger charge is -2.29. The highest BCUT2D eigenvalue weighted by molar-refractivity contribution is 5.52. The van der Waals surface area contributed by atoms with E-state index in [0.717, 1.165) is 0 Å². The third-order valence-electron chi connectivity index (χ3n) is 4.74. The normalized spacial score (nSPS) is 19.8. The Labute approximate surface area is 135 Å². The zero-order valence-corrected chi connectivity index (χ0v) is 14.3. The van der Waals surface area contributed by atoms with Gasteiger partial charge < -0.3 is 5.32 Å². The van der Waals surface area contributed by atoms with Crippen molar-refractivity contribution >= 4 is 5.69 Å². The van der Waals surface area contributed by atoms with Crippen molar-refractivity contribution in [1.82, 2.24) is 0 Å². The Morgan fingerprint density at radius 2 is 1.64 bits per heavy atom. The van der Waals surface area contributed by atoms with Gasteiger partial charge in [-0.25, -0.2) is 0 Å². The van der Waals surface area contributed by atoms with Gasteiger partial charge in [-0.05, 0) is 42.4 Å². The van der Waals surface area contributed by atoms with E-state index in [1.807, 2.05) is 0 Å². The van der Waals surface area contributed by atoms with E-state index in [1.165, 1.54) is 24.1 Å². The molecule has 22 heavy (non-hydrogen) atoms. The highest BCUT2D eigenvalue weighted by Gasteiger charge is 2.22. The van der Waals surface area contributed by atoms with Crippen LogP contribution in [0.3, 0.4) is 0 Å². The van der Waals surface area contributed by atoms with Gasteiger partial charge in [0.15, 0.2) is 0 Å². The number of nitrogens with one attached hydrogen (secondary N) is 1. The van der Waals surface area contributed by atoms with Gasteiger partial charge in [0, 0.05) is 5.69 Å². The topological polar surface area (TPSA) is 12.0 Å². The van der Waals surface area contributed by atoms with Crippen molar-refractivity contribution in [2.24, 2.45) is 11.8 Å². The first-order valence-electron chi connectivity index (χ1n) is 8.57. The molecule has 1 heteroatoms. The van der Waals surface area contributed by atoms with E-state index < -0.39 is 0 Å². The first-order chi connectivity index (χ1) is 10.7. The first kappa shape index (κ1) is 16.6. The zero-order valence-electron chi connectivity index (χ0n) is 14.3.